The van der Waals surface area contributed by atoms with Crippen molar-refractivity contribution in [3.05, 3.63) is 0 Å². The number of nitrogens with one attached hydrogen (secondary N) is 1. The van der Waals surface area contributed by atoms with Crippen LogP contribution in [-0.2, 0) is 4.79 Å². The molecule has 3 heteroatoms. The number of aliphatic carboxylic acids is 1. The fourth-order valence-corrected chi connectivity index (χ4v) is 0.980. The molecule has 0 spiro atoms. The molecule has 0 unspecified atom stereocenters. The number of carboxylic acids is 1. The van der Waals surface area contributed by atoms with Crippen LogP contribution in [0.15, 0.2) is 0 Å². The topological polar surface area (TPSA) is 49.3 Å². The number of hydrogen-bond acceptors (Lipinski definition) is 2. The Morgan fingerprint density at radius 3 is 1.83 bits per heavy atom. The molecule has 72 valence electrons. The minimum Gasteiger partial charge on any atom is -0.480 e. The number of carbonyl (C=O) groups is 1. The summed E-state index contributed by atoms with van der Waals surface area (Å²) in [7, 11) is 0. The minimum atomic E-state index is -0.778. The zero-order valence-corrected chi connectivity index (χ0v) is 8.51. The summed E-state index contributed by atoms with van der Waals surface area (Å²) < 4.78 is 0. The first-order valence-electron chi connectivity index (χ1n) is 4.24. The molecule has 0 aliphatic carbocycles. The van der Waals surface area contributed by atoms with E-state index in [1.165, 1.54) is 0 Å². The Bertz CT molecular complexity index is 158. The van der Waals surface area contributed by atoms with Crippen LogP contribution in [0, 0.1) is 5.92 Å². The van der Waals surface area contributed by atoms with Gasteiger partial charge in [-0.3, -0.25) is 10.1 Å². The third-order valence-electron chi connectivity index (χ3n) is 1.52. The highest BCUT2D eigenvalue weighted by molar-refractivity contribution is 5.73. The fraction of sp³-hybridized carbons (Fsp3) is 0.889. The van der Waals surface area contributed by atoms with Gasteiger partial charge in [0.05, 0.1) is 0 Å². The van der Waals surface area contributed by atoms with Crippen LogP contribution >= 0.6 is 0 Å². The van der Waals surface area contributed by atoms with Crippen LogP contribution in [-0.4, -0.2) is 22.7 Å². The number of carboxylic acid groups (broad SMARTS) is 1. The molecule has 0 aromatic carbocycles. The largest absolute Gasteiger partial charge is 0.480 e. The van der Waals surface area contributed by atoms with E-state index in [0.29, 0.717) is 0 Å². The lowest BCUT2D eigenvalue weighted by molar-refractivity contribution is -0.141. The molecule has 0 heterocycles. The molecule has 0 bridgehead atoms. The summed E-state index contributed by atoms with van der Waals surface area (Å²) in [5.74, 6) is -0.665. The molecular weight excluding hydrogens is 154 g/mol. The third-order valence-corrected chi connectivity index (χ3v) is 1.52. The number of rotatable bonds is 3. The molecule has 1 atom stereocenters. The Morgan fingerprint density at radius 1 is 1.33 bits per heavy atom. The monoisotopic (exact) mass is 173 g/mol. The van der Waals surface area contributed by atoms with Crippen molar-refractivity contribution in [1.82, 2.24) is 5.32 Å². The standard InChI is InChI=1S/C9H19NO2/c1-6(2)7(8(11)12)10-9(3,4)5/h6-7,10H,1-5H3,(H,11,12)/t7-/m1/s1. The van der Waals surface area contributed by atoms with Crippen molar-refractivity contribution in [2.75, 3.05) is 0 Å². The Balaban J connectivity index is 4.25. The van der Waals surface area contributed by atoms with Gasteiger partial charge in [-0.2, -0.15) is 0 Å². The highest BCUT2D eigenvalue weighted by Gasteiger charge is 2.25. The van der Waals surface area contributed by atoms with Crippen molar-refractivity contribution >= 4 is 5.97 Å². The first kappa shape index (κ1) is 11.4. The molecule has 0 aromatic heterocycles. The predicted octanol–water partition coefficient (Wildman–Crippen LogP) is 1.48. The van der Waals surface area contributed by atoms with E-state index < -0.39 is 12.0 Å². The van der Waals surface area contributed by atoms with Crippen LogP contribution in [0.4, 0.5) is 0 Å². The van der Waals surface area contributed by atoms with Gasteiger partial charge in [-0.1, -0.05) is 13.8 Å². The van der Waals surface area contributed by atoms with Crippen LogP contribution < -0.4 is 5.32 Å². The van der Waals surface area contributed by atoms with Crippen LogP contribution in [0.2, 0.25) is 0 Å². The van der Waals surface area contributed by atoms with Gasteiger partial charge in [0.2, 0.25) is 0 Å². The van der Waals surface area contributed by atoms with Gasteiger partial charge in [0.25, 0.3) is 0 Å². The SMILES string of the molecule is CC(C)[C@@H](NC(C)(C)C)C(=O)O. The highest BCUT2D eigenvalue weighted by Crippen LogP contribution is 2.08. The average Bonchev–Trinajstić information content (AvgIpc) is 1.79. The second kappa shape index (κ2) is 3.90. The fourth-order valence-electron chi connectivity index (χ4n) is 0.980. The lowest BCUT2D eigenvalue weighted by atomic mass is 10.00. The third kappa shape index (κ3) is 4.34. The summed E-state index contributed by atoms with van der Waals surface area (Å²) >= 11 is 0. The molecule has 3 nitrogen and oxygen atoms in total. The molecule has 0 aromatic rings. The van der Waals surface area contributed by atoms with Crippen LogP contribution in [0.25, 0.3) is 0 Å². The van der Waals surface area contributed by atoms with Crippen LogP contribution in [0.3, 0.4) is 0 Å². The maximum Gasteiger partial charge on any atom is 0.320 e. The zero-order chi connectivity index (χ0) is 9.94. The van der Waals surface area contributed by atoms with Gasteiger partial charge >= 0.3 is 5.97 Å². The van der Waals surface area contributed by atoms with Crippen molar-refractivity contribution in [2.45, 2.75) is 46.2 Å². The van der Waals surface area contributed by atoms with Crippen molar-refractivity contribution < 1.29 is 9.90 Å². The van der Waals surface area contributed by atoms with Gasteiger partial charge in [-0.25, -0.2) is 0 Å². The lowest BCUT2D eigenvalue weighted by Crippen LogP contribution is -2.50. The van der Waals surface area contributed by atoms with Gasteiger partial charge in [-0.15, -0.1) is 0 Å². The minimum absolute atomic E-state index is 0.113. The summed E-state index contributed by atoms with van der Waals surface area (Å²) in [6, 6.07) is -0.454. The van der Waals surface area contributed by atoms with Crippen LogP contribution in [0.1, 0.15) is 34.6 Å². The van der Waals surface area contributed by atoms with E-state index in [1.807, 2.05) is 34.6 Å². The van der Waals surface area contributed by atoms with E-state index in [-0.39, 0.29) is 11.5 Å². The maximum absolute atomic E-state index is 10.8. The molecule has 0 aliphatic heterocycles. The Labute approximate surface area is 74.2 Å². The van der Waals surface area contributed by atoms with E-state index in [9.17, 15) is 4.79 Å². The van der Waals surface area contributed by atoms with Gasteiger partial charge in [0.15, 0.2) is 0 Å². The number of hydrogen-bond donors (Lipinski definition) is 2. The zero-order valence-electron chi connectivity index (χ0n) is 8.51. The normalized spacial score (nSPS) is 14.8. The second-order valence-corrected chi connectivity index (χ2v) is 4.45. The van der Waals surface area contributed by atoms with Gasteiger partial charge in [0.1, 0.15) is 6.04 Å². The molecule has 12 heavy (non-hydrogen) atoms. The predicted molar refractivity (Wildman–Crippen MR) is 49.2 cm³/mol. The highest BCUT2D eigenvalue weighted by atomic mass is 16.4. The van der Waals surface area contributed by atoms with E-state index in [4.69, 9.17) is 5.11 Å². The molecule has 0 saturated heterocycles. The molecule has 0 amide bonds. The summed E-state index contributed by atoms with van der Waals surface area (Å²) in [6.07, 6.45) is 0. The molecule has 0 rings (SSSR count). The molecule has 0 fully saturated rings. The molecule has 0 radical (unpaired) electrons. The van der Waals surface area contributed by atoms with Crippen molar-refractivity contribution in [3.8, 4) is 0 Å². The van der Waals surface area contributed by atoms with E-state index >= 15 is 0 Å². The van der Waals surface area contributed by atoms with Gasteiger partial charge in [-0.05, 0) is 26.7 Å². The molecule has 0 saturated carbocycles. The summed E-state index contributed by atoms with van der Waals surface area (Å²) in [4.78, 5) is 10.8. The van der Waals surface area contributed by atoms with E-state index in [1.54, 1.807) is 0 Å². The Kier molecular flexibility index (Phi) is 3.71. The lowest BCUT2D eigenvalue weighted by Gasteiger charge is -2.28. The quantitative estimate of drug-likeness (QED) is 0.679. The van der Waals surface area contributed by atoms with E-state index in [0.717, 1.165) is 0 Å². The first-order valence-corrected chi connectivity index (χ1v) is 4.24. The summed E-state index contributed by atoms with van der Waals surface area (Å²) in [5, 5.41) is 11.9. The van der Waals surface area contributed by atoms with Gasteiger partial charge < -0.3 is 5.11 Å². The molecule has 2 N–H and O–H groups in total. The van der Waals surface area contributed by atoms with Crippen LogP contribution in [0.5, 0.6) is 0 Å². The smallest absolute Gasteiger partial charge is 0.320 e. The molecule has 0 aliphatic rings. The molecular formula is C9H19NO2. The van der Waals surface area contributed by atoms with E-state index in [2.05, 4.69) is 5.32 Å². The van der Waals surface area contributed by atoms with Crippen molar-refractivity contribution in [1.29, 1.82) is 0 Å². The summed E-state index contributed by atoms with van der Waals surface area (Å²) in [5.41, 5.74) is -0.146. The van der Waals surface area contributed by atoms with Gasteiger partial charge in [0, 0.05) is 5.54 Å². The first-order chi connectivity index (χ1) is 5.24. The maximum atomic E-state index is 10.8. The Hall–Kier alpha value is -0.570. The Morgan fingerprint density at radius 2 is 1.75 bits per heavy atom. The average molecular weight is 173 g/mol. The second-order valence-electron chi connectivity index (χ2n) is 4.45. The van der Waals surface area contributed by atoms with Crippen molar-refractivity contribution in [2.24, 2.45) is 5.92 Å². The summed E-state index contributed by atoms with van der Waals surface area (Å²) in [6.45, 7) is 9.69. The van der Waals surface area contributed by atoms with Crippen molar-refractivity contribution in [3.63, 3.8) is 0 Å².